The van der Waals surface area contributed by atoms with Crippen molar-refractivity contribution < 1.29 is 21.9 Å². The second kappa shape index (κ2) is 6.27. The lowest BCUT2D eigenvalue weighted by molar-refractivity contribution is 0.189. The molecule has 0 fully saturated rings. The van der Waals surface area contributed by atoms with Gasteiger partial charge in [-0.1, -0.05) is 0 Å². The predicted molar refractivity (Wildman–Crippen MR) is 67.1 cm³/mol. The summed E-state index contributed by atoms with van der Waals surface area (Å²) >= 11 is 0. The quantitative estimate of drug-likeness (QED) is 0.632. The summed E-state index contributed by atoms with van der Waals surface area (Å²) in [7, 11) is -1.50. The Bertz CT molecular complexity index is 526. The standard InChI is InChI=1S/C11H16F2N2O3S/c1-15(4-3-5-18-2)19(16,17)11-9(12)6-8(14)7-10(11)13/h6-7H,3-5,14H2,1-2H3. The van der Waals surface area contributed by atoms with Gasteiger partial charge in [0.1, 0.15) is 11.6 Å². The lowest BCUT2D eigenvalue weighted by Crippen LogP contribution is -2.30. The first-order valence-electron chi connectivity index (χ1n) is 5.50. The van der Waals surface area contributed by atoms with Crippen molar-refractivity contribution in [1.29, 1.82) is 0 Å². The third-order valence-corrected chi connectivity index (χ3v) is 4.42. The van der Waals surface area contributed by atoms with E-state index in [1.54, 1.807) is 0 Å². The van der Waals surface area contributed by atoms with Crippen molar-refractivity contribution >= 4 is 15.7 Å². The van der Waals surface area contributed by atoms with Crippen LogP contribution in [0.15, 0.2) is 17.0 Å². The zero-order valence-electron chi connectivity index (χ0n) is 10.7. The Morgan fingerprint density at radius 1 is 1.32 bits per heavy atom. The van der Waals surface area contributed by atoms with Crippen molar-refractivity contribution in [3.05, 3.63) is 23.8 Å². The number of nitrogens with two attached hydrogens (primary N) is 1. The van der Waals surface area contributed by atoms with Gasteiger partial charge in [-0.2, -0.15) is 0 Å². The van der Waals surface area contributed by atoms with Gasteiger partial charge in [-0.05, 0) is 18.6 Å². The van der Waals surface area contributed by atoms with Crippen LogP contribution in [-0.4, -0.2) is 40.0 Å². The van der Waals surface area contributed by atoms with Crippen molar-refractivity contribution in [2.24, 2.45) is 0 Å². The minimum atomic E-state index is -4.23. The first-order chi connectivity index (χ1) is 8.80. The zero-order chi connectivity index (χ0) is 14.6. The van der Waals surface area contributed by atoms with Crippen LogP contribution in [-0.2, 0) is 14.8 Å². The fraction of sp³-hybridized carbons (Fsp3) is 0.455. The van der Waals surface area contributed by atoms with E-state index in [-0.39, 0.29) is 12.2 Å². The molecule has 8 heteroatoms. The summed E-state index contributed by atoms with van der Waals surface area (Å²) in [6.45, 7) is 0.450. The zero-order valence-corrected chi connectivity index (χ0v) is 11.5. The Balaban J connectivity index is 3.07. The van der Waals surface area contributed by atoms with E-state index >= 15 is 0 Å². The van der Waals surface area contributed by atoms with Crippen molar-refractivity contribution in [3.63, 3.8) is 0 Å². The molecule has 0 unspecified atom stereocenters. The smallest absolute Gasteiger partial charge is 0.248 e. The van der Waals surface area contributed by atoms with Gasteiger partial charge in [0, 0.05) is 33.0 Å². The minimum Gasteiger partial charge on any atom is -0.399 e. The Labute approximate surface area is 111 Å². The summed E-state index contributed by atoms with van der Waals surface area (Å²) in [4.78, 5) is -0.985. The third kappa shape index (κ3) is 3.62. The van der Waals surface area contributed by atoms with Crippen LogP contribution in [0.25, 0.3) is 0 Å². The molecule has 0 aromatic heterocycles. The van der Waals surface area contributed by atoms with Gasteiger partial charge in [-0.15, -0.1) is 0 Å². The van der Waals surface area contributed by atoms with E-state index in [1.807, 2.05) is 0 Å². The van der Waals surface area contributed by atoms with Crippen molar-refractivity contribution in [2.75, 3.05) is 33.0 Å². The van der Waals surface area contributed by atoms with Gasteiger partial charge in [-0.3, -0.25) is 0 Å². The molecule has 0 amide bonds. The highest BCUT2D eigenvalue weighted by Gasteiger charge is 2.28. The summed E-state index contributed by atoms with van der Waals surface area (Å²) < 4.78 is 57.0. The van der Waals surface area contributed by atoms with Gasteiger partial charge in [0.15, 0.2) is 4.90 Å². The van der Waals surface area contributed by atoms with E-state index in [1.165, 1.54) is 14.2 Å². The van der Waals surface area contributed by atoms with Crippen LogP contribution in [0.3, 0.4) is 0 Å². The number of halogens is 2. The summed E-state index contributed by atoms with van der Waals surface area (Å²) in [6.07, 6.45) is 0.421. The van der Waals surface area contributed by atoms with Crippen LogP contribution < -0.4 is 5.73 Å². The van der Waals surface area contributed by atoms with Crippen molar-refractivity contribution in [2.45, 2.75) is 11.3 Å². The number of hydrogen-bond donors (Lipinski definition) is 1. The molecule has 0 saturated heterocycles. The van der Waals surface area contributed by atoms with Gasteiger partial charge in [0.25, 0.3) is 0 Å². The van der Waals surface area contributed by atoms with E-state index in [2.05, 4.69) is 0 Å². The molecule has 0 bridgehead atoms. The van der Waals surface area contributed by atoms with Gasteiger partial charge < -0.3 is 10.5 Å². The number of methoxy groups -OCH3 is 1. The highest BCUT2D eigenvalue weighted by Crippen LogP contribution is 2.24. The molecule has 0 atom stereocenters. The molecule has 0 aliphatic carbocycles. The Morgan fingerprint density at radius 3 is 2.32 bits per heavy atom. The largest absolute Gasteiger partial charge is 0.399 e. The highest BCUT2D eigenvalue weighted by atomic mass is 32.2. The molecule has 1 aromatic carbocycles. The van der Waals surface area contributed by atoms with E-state index in [9.17, 15) is 17.2 Å². The van der Waals surface area contributed by atoms with Crippen LogP contribution in [0, 0.1) is 11.6 Å². The lowest BCUT2D eigenvalue weighted by Gasteiger charge is -2.18. The molecule has 0 radical (unpaired) electrons. The Morgan fingerprint density at radius 2 is 1.84 bits per heavy atom. The van der Waals surface area contributed by atoms with Gasteiger partial charge >= 0.3 is 0 Å². The predicted octanol–water partition coefficient (Wildman–Crippen LogP) is 1.20. The summed E-state index contributed by atoms with van der Waals surface area (Å²) in [5.41, 5.74) is 5.07. The van der Waals surface area contributed by atoms with Gasteiger partial charge in [-0.25, -0.2) is 21.5 Å². The molecule has 5 nitrogen and oxygen atoms in total. The van der Waals surface area contributed by atoms with Gasteiger partial charge in [0.2, 0.25) is 10.0 Å². The minimum absolute atomic E-state index is 0.0967. The van der Waals surface area contributed by atoms with E-state index < -0.39 is 26.6 Å². The van der Waals surface area contributed by atoms with Crippen molar-refractivity contribution in [1.82, 2.24) is 4.31 Å². The average Bonchev–Trinajstić information content (AvgIpc) is 2.27. The molecule has 1 aromatic rings. The molecule has 19 heavy (non-hydrogen) atoms. The summed E-state index contributed by atoms with van der Waals surface area (Å²) in [5.74, 6) is -2.40. The topological polar surface area (TPSA) is 72.6 Å². The lowest BCUT2D eigenvalue weighted by atomic mass is 10.3. The SMILES string of the molecule is COCCCN(C)S(=O)(=O)c1c(F)cc(N)cc1F. The normalized spacial score (nSPS) is 12.1. The van der Waals surface area contributed by atoms with Crippen LogP contribution in [0.5, 0.6) is 0 Å². The molecule has 0 heterocycles. The van der Waals surface area contributed by atoms with E-state index in [0.29, 0.717) is 13.0 Å². The fourth-order valence-electron chi connectivity index (χ4n) is 1.53. The van der Waals surface area contributed by atoms with E-state index in [0.717, 1.165) is 16.4 Å². The molecule has 108 valence electrons. The number of rotatable bonds is 6. The molecule has 2 N–H and O–H groups in total. The third-order valence-electron chi connectivity index (χ3n) is 2.51. The van der Waals surface area contributed by atoms with Gasteiger partial charge in [0.05, 0.1) is 0 Å². The van der Waals surface area contributed by atoms with Crippen LogP contribution >= 0.6 is 0 Å². The van der Waals surface area contributed by atoms with Crippen LogP contribution in [0.2, 0.25) is 0 Å². The number of hydrogen-bond acceptors (Lipinski definition) is 4. The maximum atomic E-state index is 13.6. The molecule has 0 aliphatic rings. The Kier molecular flexibility index (Phi) is 5.21. The first kappa shape index (κ1) is 15.8. The summed E-state index contributed by atoms with van der Waals surface area (Å²) in [6, 6.07) is 1.55. The maximum Gasteiger partial charge on any atom is 0.248 e. The molecule has 0 spiro atoms. The number of nitrogens with zero attached hydrogens (tertiary/aromatic N) is 1. The number of ether oxygens (including phenoxy) is 1. The first-order valence-corrected chi connectivity index (χ1v) is 6.94. The fourth-order valence-corrected chi connectivity index (χ4v) is 2.83. The molecular formula is C11H16F2N2O3S. The number of benzene rings is 1. The van der Waals surface area contributed by atoms with Crippen LogP contribution in [0.4, 0.5) is 14.5 Å². The number of anilines is 1. The second-order valence-corrected chi connectivity index (χ2v) is 5.97. The molecule has 0 aliphatic heterocycles. The monoisotopic (exact) mass is 294 g/mol. The molecule has 0 saturated carbocycles. The van der Waals surface area contributed by atoms with Crippen LogP contribution in [0.1, 0.15) is 6.42 Å². The summed E-state index contributed by atoms with van der Waals surface area (Å²) in [5, 5.41) is 0. The number of nitrogen functional groups attached to an aromatic ring is 1. The van der Waals surface area contributed by atoms with Crippen molar-refractivity contribution in [3.8, 4) is 0 Å². The second-order valence-electron chi connectivity index (χ2n) is 3.99. The molecular weight excluding hydrogens is 278 g/mol. The molecule has 1 rings (SSSR count). The highest BCUT2D eigenvalue weighted by molar-refractivity contribution is 7.89. The average molecular weight is 294 g/mol. The Hall–Kier alpha value is -1.25. The van der Waals surface area contributed by atoms with E-state index in [4.69, 9.17) is 10.5 Å². The maximum absolute atomic E-state index is 13.6. The number of sulfonamides is 1.